The highest BCUT2D eigenvalue weighted by Crippen LogP contribution is 2.34. The molecule has 0 saturated carbocycles. The molecule has 3 nitrogen and oxygen atoms in total. The molecule has 0 amide bonds. The number of para-hydroxylation sites is 2. The SMILES string of the molecule is Clc1ccc(Oc2nc3ccccc3nc2Br)c(Br)c1. The first-order valence-electron chi connectivity index (χ1n) is 5.69. The van der Waals surface area contributed by atoms with Crippen molar-refractivity contribution in [3.05, 3.63) is 56.6 Å². The summed E-state index contributed by atoms with van der Waals surface area (Å²) in [6.45, 7) is 0. The Bertz CT molecular complexity index is 795. The van der Waals surface area contributed by atoms with E-state index < -0.39 is 0 Å². The number of benzene rings is 2. The van der Waals surface area contributed by atoms with E-state index in [0.717, 1.165) is 15.5 Å². The minimum absolute atomic E-state index is 0.409. The second-order valence-electron chi connectivity index (χ2n) is 3.99. The first-order valence-corrected chi connectivity index (χ1v) is 7.65. The molecule has 1 aromatic heterocycles. The second-order valence-corrected chi connectivity index (χ2v) is 6.03. The molecule has 3 aromatic rings. The Kier molecular flexibility index (Phi) is 3.92. The smallest absolute Gasteiger partial charge is 0.253 e. The van der Waals surface area contributed by atoms with Crippen molar-refractivity contribution in [1.29, 1.82) is 0 Å². The predicted molar refractivity (Wildman–Crippen MR) is 86.5 cm³/mol. The minimum atomic E-state index is 0.409. The summed E-state index contributed by atoms with van der Waals surface area (Å²) in [6, 6.07) is 12.9. The van der Waals surface area contributed by atoms with Crippen LogP contribution in [-0.4, -0.2) is 9.97 Å². The molecular formula is C14H7Br2ClN2O. The van der Waals surface area contributed by atoms with E-state index in [9.17, 15) is 0 Å². The number of nitrogens with zero attached hydrogens (tertiary/aromatic N) is 2. The Morgan fingerprint density at radius 2 is 1.65 bits per heavy atom. The molecule has 0 radical (unpaired) electrons. The maximum Gasteiger partial charge on any atom is 0.253 e. The molecule has 0 atom stereocenters. The Labute approximate surface area is 137 Å². The van der Waals surface area contributed by atoms with Crippen LogP contribution >= 0.6 is 43.5 Å². The third kappa shape index (κ3) is 2.80. The van der Waals surface area contributed by atoms with Gasteiger partial charge in [-0.25, -0.2) is 9.97 Å². The third-order valence-electron chi connectivity index (χ3n) is 2.60. The van der Waals surface area contributed by atoms with Crippen LogP contribution in [0.2, 0.25) is 5.02 Å². The molecule has 0 fully saturated rings. The average molecular weight is 414 g/mol. The topological polar surface area (TPSA) is 35.0 Å². The van der Waals surface area contributed by atoms with Gasteiger partial charge in [-0.3, -0.25) is 0 Å². The van der Waals surface area contributed by atoms with Gasteiger partial charge in [0, 0.05) is 5.02 Å². The minimum Gasteiger partial charge on any atom is -0.435 e. The number of halogens is 3. The largest absolute Gasteiger partial charge is 0.435 e. The summed E-state index contributed by atoms with van der Waals surface area (Å²) in [6.07, 6.45) is 0. The molecule has 100 valence electrons. The van der Waals surface area contributed by atoms with Crippen molar-refractivity contribution in [2.45, 2.75) is 0 Å². The molecule has 2 aromatic carbocycles. The molecule has 0 spiro atoms. The lowest BCUT2D eigenvalue weighted by molar-refractivity contribution is 0.456. The first kappa shape index (κ1) is 13.8. The highest BCUT2D eigenvalue weighted by molar-refractivity contribution is 9.10. The monoisotopic (exact) mass is 412 g/mol. The van der Waals surface area contributed by atoms with Crippen molar-refractivity contribution in [1.82, 2.24) is 9.97 Å². The van der Waals surface area contributed by atoms with E-state index in [2.05, 4.69) is 41.8 Å². The Morgan fingerprint density at radius 1 is 0.950 bits per heavy atom. The summed E-state index contributed by atoms with van der Waals surface area (Å²) in [4.78, 5) is 8.85. The molecule has 0 aliphatic carbocycles. The highest BCUT2D eigenvalue weighted by atomic mass is 79.9. The maximum atomic E-state index is 5.91. The van der Waals surface area contributed by atoms with Crippen molar-refractivity contribution < 1.29 is 4.74 Å². The number of rotatable bonds is 2. The summed E-state index contributed by atoms with van der Waals surface area (Å²) in [5, 5.41) is 0.632. The summed E-state index contributed by atoms with van der Waals surface area (Å²) in [7, 11) is 0. The third-order valence-corrected chi connectivity index (χ3v) is 3.97. The van der Waals surface area contributed by atoms with E-state index in [1.807, 2.05) is 24.3 Å². The molecule has 0 saturated heterocycles. The van der Waals surface area contributed by atoms with Crippen LogP contribution in [0.4, 0.5) is 0 Å². The Morgan fingerprint density at radius 3 is 2.35 bits per heavy atom. The van der Waals surface area contributed by atoms with Crippen LogP contribution in [0.15, 0.2) is 51.5 Å². The zero-order valence-corrected chi connectivity index (χ0v) is 13.9. The van der Waals surface area contributed by atoms with Gasteiger partial charge in [-0.1, -0.05) is 23.7 Å². The lowest BCUT2D eigenvalue weighted by atomic mass is 10.3. The zero-order chi connectivity index (χ0) is 14.1. The van der Waals surface area contributed by atoms with Gasteiger partial charge in [0.25, 0.3) is 5.88 Å². The van der Waals surface area contributed by atoms with Gasteiger partial charge in [-0.05, 0) is 62.2 Å². The fourth-order valence-electron chi connectivity index (χ4n) is 1.69. The predicted octanol–water partition coefficient (Wildman–Crippen LogP) is 5.60. The summed E-state index contributed by atoms with van der Waals surface area (Å²) >= 11 is 12.7. The van der Waals surface area contributed by atoms with E-state index in [0.29, 0.717) is 21.3 Å². The number of hydrogen-bond acceptors (Lipinski definition) is 3. The van der Waals surface area contributed by atoms with Crippen molar-refractivity contribution in [2.75, 3.05) is 0 Å². The van der Waals surface area contributed by atoms with E-state index in [-0.39, 0.29) is 0 Å². The van der Waals surface area contributed by atoms with Crippen molar-refractivity contribution >= 4 is 54.5 Å². The second kappa shape index (κ2) is 5.68. The van der Waals surface area contributed by atoms with Crippen molar-refractivity contribution in [3.8, 4) is 11.6 Å². The molecule has 0 bridgehead atoms. The van der Waals surface area contributed by atoms with Gasteiger partial charge in [-0.15, -0.1) is 0 Å². The molecular weight excluding hydrogens is 407 g/mol. The van der Waals surface area contributed by atoms with Crippen LogP contribution < -0.4 is 4.74 Å². The molecule has 0 aliphatic heterocycles. The molecule has 6 heteroatoms. The molecule has 0 aliphatic rings. The van der Waals surface area contributed by atoms with Gasteiger partial charge in [0.05, 0.1) is 15.5 Å². The number of fused-ring (bicyclic) bond motifs is 1. The molecule has 0 N–H and O–H groups in total. The number of ether oxygens (including phenoxy) is 1. The van der Waals surface area contributed by atoms with Crippen LogP contribution in [0.5, 0.6) is 11.6 Å². The van der Waals surface area contributed by atoms with Gasteiger partial charge < -0.3 is 4.74 Å². The van der Waals surface area contributed by atoms with E-state index in [1.165, 1.54) is 0 Å². The van der Waals surface area contributed by atoms with Crippen molar-refractivity contribution in [2.24, 2.45) is 0 Å². The van der Waals surface area contributed by atoms with Gasteiger partial charge in [0.2, 0.25) is 0 Å². The van der Waals surface area contributed by atoms with Crippen LogP contribution in [0, 0.1) is 0 Å². The number of aromatic nitrogens is 2. The van der Waals surface area contributed by atoms with E-state index in [1.54, 1.807) is 18.2 Å². The van der Waals surface area contributed by atoms with Crippen LogP contribution in [-0.2, 0) is 0 Å². The fourth-order valence-corrected chi connectivity index (χ4v) is 2.81. The molecule has 0 unspecified atom stereocenters. The average Bonchev–Trinajstić information content (AvgIpc) is 2.42. The standard InChI is InChI=1S/C14H7Br2ClN2O/c15-9-7-8(17)5-6-12(9)20-14-13(16)18-10-3-1-2-4-11(10)19-14/h1-7H. The summed E-state index contributed by atoms with van der Waals surface area (Å²) in [5.74, 6) is 1.03. The highest BCUT2D eigenvalue weighted by Gasteiger charge is 2.10. The van der Waals surface area contributed by atoms with Gasteiger partial charge in [0.1, 0.15) is 5.75 Å². The summed E-state index contributed by atoms with van der Waals surface area (Å²) in [5.41, 5.74) is 1.58. The van der Waals surface area contributed by atoms with Crippen LogP contribution in [0.1, 0.15) is 0 Å². The van der Waals surface area contributed by atoms with Crippen LogP contribution in [0.25, 0.3) is 11.0 Å². The Hall–Kier alpha value is -1.17. The maximum absolute atomic E-state index is 5.91. The molecule has 1 heterocycles. The summed E-state index contributed by atoms with van der Waals surface area (Å²) < 4.78 is 7.09. The molecule has 3 rings (SSSR count). The van der Waals surface area contributed by atoms with Gasteiger partial charge >= 0.3 is 0 Å². The fraction of sp³-hybridized carbons (Fsp3) is 0. The first-order chi connectivity index (χ1) is 9.63. The quantitative estimate of drug-likeness (QED) is 0.547. The van der Waals surface area contributed by atoms with E-state index >= 15 is 0 Å². The lowest BCUT2D eigenvalue weighted by Gasteiger charge is -2.09. The lowest BCUT2D eigenvalue weighted by Crippen LogP contribution is -1.93. The molecule has 20 heavy (non-hydrogen) atoms. The van der Waals surface area contributed by atoms with Crippen LogP contribution in [0.3, 0.4) is 0 Å². The zero-order valence-electron chi connectivity index (χ0n) is 9.98. The number of hydrogen-bond donors (Lipinski definition) is 0. The van der Waals surface area contributed by atoms with Gasteiger partial charge in [-0.2, -0.15) is 0 Å². The van der Waals surface area contributed by atoms with E-state index in [4.69, 9.17) is 16.3 Å². The Balaban J connectivity index is 2.03. The normalized spacial score (nSPS) is 10.8. The van der Waals surface area contributed by atoms with Crippen molar-refractivity contribution in [3.63, 3.8) is 0 Å². The van der Waals surface area contributed by atoms with Gasteiger partial charge in [0.15, 0.2) is 4.60 Å².